The first-order valence-corrected chi connectivity index (χ1v) is 15.9. The van der Waals surface area contributed by atoms with Gasteiger partial charge in [-0.15, -0.1) is 0 Å². The number of fused-ring (bicyclic) bond motifs is 3. The van der Waals surface area contributed by atoms with Crippen LogP contribution < -0.4 is 10.5 Å². The summed E-state index contributed by atoms with van der Waals surface area (Å²) in [4.78, 5) is 22.4. The molecule has 2 aliphatic carbocycles. The predicted octanol–water partition coefficient (Wildman–Crippen LogP) is 6.49. The minimum Gasteiger partial charge on any atom is -0.381 e. The van der Waals surface area contributed by atoms with E-state index in [4.69, 9.17) is 4.74 Å². The smallest absolute Gasteiger partial charge is 0.253 e. The maximum atomic E-state index is 12.7. The quantitative estimate of drug-likeness (QED) is 0.388. The number of anilines is 1. The van der Waals surface area contributed by atoms with Crippen molar-refractivity contribution in [2.45, 2.75) is 91.1 Å². The summed E-state index contributed by atoms with van der Waals surface area (Å²) in [6.07, 6.45) is 14.7. The lowest BCUT2D eigenvalue weighted by molar-refractivity contribution is 0.135. The number of hydrogen-bond donors (Lipinski definition) is 0. The van der Waals surface area contributed by atoms with Crippen molar-refractivity contribution in [1.29, 1.82) is 0 Å². The largest absolute Gasteiger partial charge is 0.381 e. The summed E-state index contributed by atoms with van der Waals surface area (Å²) in [7, 11) is 1.81. The van der Waals surface area contributed by atoms with Crippen molar-refractivity contribution in [3.05, 3.63) is 57.5 Å². The predicted molar refractivity (Wildman–Crippen MR) is 166 cm³/mol. The lowest BCUT2D eigenvalue weighted by atomic mass is 9.75. The van der Waals surface area contributed by atoms with E-state index in [1.807, 2.05) is 19.2 Å². The SMILES string of the molecule is CC1CCC(C2=CC3=C(CC2)C2CN(c4cc(=O)n(C)c5ncccc45)CC(C)N2C3)CC1.CCCOCCC. The van der Waals surface area contributed by atoms with E-state index in [0.717, 1.165) is 74.2 Å². The van der Waals surface area contributed by atoms with Crippen LogP contribution in [-0.2, 0) is 11.8 Å². The van der Waals surface area contributed by atoms with E-state index in [-0.39, 0.29) is 5.56 Å². The zero-order valence-corrected chi connectivity index (χ0v) is 25.5. The molecule has 0 N–H and O–H groups in total. The summed E-state index contributed by atoms with van der Waals surface area (Å²) in [5, 5.41) is 1.07. The summed E-state index contributed by atoms with van der Waals surface area (Å²) in [5.74, 6) is 1.73. The van der Waals surface area contributed by atoms with Gasteiger partial charge in [-0.25, -0.2) is 4.98 Å². The second-order valence-corrected chi connectivity index (χ2v) is 12.6. The number of aromatic nitrogens is 2. The summed E-state index contributed by atoms with van der Waals surface area (Å²) in [5.41, 5.74) is 6.83. The van der Waals surface area contributed by atoms with Crippen LogP contribution in [0.2, 0.25) is 0 Å². The van der Waals surface area contributed by atoms with Crippen molar-refractivity contribution >= 4 is 16.7 Å². The first-order chi connectivity index (χ1) is 19.4. The van der Waals surface area contributed by atoms with Crippen LogP contribution in [0.4, 0.5) is 5.69 Å². The fraction of sp³-hybridized carbons (Fsp3) is 0.647. The number of rotatable bonds is 6. The Hall–Kier alpha value is -2.44. The molecule has 0 spiro atoms. The highest BCUT2D eigenvalue weighted by molar-refractivity contribution is 5.89. The molecule has 0 amide bonds. The highest BCUT2D eigenvalue weighted by atomic mass is 16.5. The molecule has 0 aromatic carbocycles. The average Bonchev–Trinajstić information content (AvgIpc) is 3.34. The van der Waals surface area contributed by atoms with Crippen molar-refractivity contribution in [2.24, 2.45) is 18.9 Å². The first-order valence-electron chi connectivity index (χ1n) is 15.9. The van der Waals surface area contributed by atoms with Crippen LogP contribution in [0.3, 0.4) is 0 Å². The van der Waals surface area contributed by atoms with Gasteiger partial charge in [0.15, 0.2) is 0 Å². The minimum absolute atomic E-state index is 0.0182. The Labute approximate surface area is 241 Å². The molecule has 0 bridgehead atoms. The maximum absolute atomic E-state index is 12.7. The molecule has 1 saturated heterocycles. The first kappa shape index (κ1) is 29.1. The van der Waals surface area contributed by atoms with Crippen molar-refractivity contribution in [3.8, 4) is 0 Å². The molecule has 6 nitrogen and oxygen atoms in total. The Morgan fingerprint density at radius 1 is 1.02 bits per heavy atom. The van der Waals surface area contributed by atoms with Crippen LogP contribution in [-0.4, -0.2) is 59.4 Å². The highest BCUT2D eigenvalue weighted by Gasteiger charge is 2.41. The van der Waals surface area contributed by atoms with Gasteiger partial charge in [-0.1, -0.05) is 45.3 Å². The number of ether oxygens (including phenoxy) is 1. The third kappa shape index (κ3) is 6.08. The fourth-order valence-electron chi connectivity index (χ4n) is 7.31. The van der Waals surface area contributed by atoms with Gasteiger partial charge in [0.1, 0.15) is 5.65 Å². The van der Waals surface area contributed by atoms with Crippen LogP contribution in [0.25, 0.3) is 11.0 Å². The van der Waals surface area contributed by atoms with Crippen LogP contribution in [0.5, 0.6) is 0 Å². The molecule has 218 valence electrons. The van der Waals surface area contributed by atoms with Gasteiger partial charge in [-0.3, -0.25) is 14.3 Å². The number of aryl methyl sites for hydroxylation is 1. The molecular weight excluding hydrogens is 496 g/mol. The second kappa shape index (κ2) is 13.0. The van der Waals surface area contributed by atoms with E-state index in [1.165, 1.54) is 38.5 Å². The standard InChI is InChI=1S/C28H36N4O.C6H14O/c1-18-6-8-20(9-7-18)21-10-11-23-22(13-21)16-32-19(2)15-31(17-26(23)32)25-14-27(33)30(3)28-24(25)5-4-12-29-28;1-3-5-7-6-4-2/h4-5,12-14,18-20,26H,6-11,15-17H2,1-3H3;3-6H2,1-2H3. The van der Waals surface area contributed by atoms with Crippen LogP contribution in [0.15, 0.2) is 52.0 Å². The van der Waals surface area contributed by atoms with Crippen molar-refractivity contribution in [1.82, 2.24) is 14.5 Å². The van der Waals surface area contributed by atoms with Gasteiger partial charge < -0.3 is 9.64 Å². The van der Waals surface area contributed by atoms with Crippen LogP contribution >= 0.6 is 0 Å². The molecule has 6 rings (SSSR count). The molecule has 2 atom stereocenters. The van der Waals surface area contributed by atoms with Crippen molar-refractivity contribution in [2.75, 3.05) is 37.7 Å². The van der Waals surface area contributed by atoms with Gasteiger partial charge in [-0.05, 0) is 80.6 Å². The number of pyridine rings is 2. The molecule has 2 fully saturated rings. The van der Waals surface area contributed by atoms with E-state index in [9.17, 15) is 4.79 Å². The van der Waals surface area contributed by atoms with Gasteiger partial charge in [0.25, 0.3) is 5.56 Å². The summed E-state index contributed by atoms with van der Waals surface area (Å²) in [6.45, 7) is 13.9. The summed E-state index contributed by atoms with van der Waals surface area (Å²) < 4.78 is 6.79. The van der Waals surface area contributed by atoms with Gasteiger partial charge in [0.05, 0.1) is 5.69 Å². The molecule has 4 heterocycles. The molecule has 4 aliphatic rings. The van der Waals surface area contributed by atoms with E-state index in [0.29, 0.717) is 12.1 Å². The molecule has 1 saturated carbocycles. The van der Waals surface area contributed by atoms with Gasteiger partial charge in [-0.2, -0.15) is 0 Å². The zero-order chi connectivity index (χ0) is 28.2. The molecule has 6 heteroatoms. The Bertz CT molecular complexity index is 1280. The Kier molecular flexibility index (Phi) is 9.47. The van der Waals surface area contributed by atoms with E-state index >= 15 is 0 Å². The Morgan fingerprint density at radius 3 is 2.50 bits per heavy atom. The molecular formula is C34H50N4O2. The van der Waals surface area contributed by atoms with E-state index in [2.05, 4.69) is 54.6 Å². The number of nitrogens with zero attached hydrogens (tertiary/aromatic N) is 4. The van der Waals surface area contributed by atoms with Crippen LogP contribution in [0, 0.1) is 11.8 Å². The maximum Gasteiger partial charge on any atom is 0.253 e. The minimum atomic E-state index is 0.0182. The molecule has 0 radical (unpaired) electrons. The number of allylic oxidation sites excluding steroid dienone is 1. The van der Waals surface area contributed by atoms with Crippen LogP contribution in [0.1, 0.15) is 79.1 Å². The molecule has 2 aromatic heterocycles. The second-order valence-electron chi connectivity index (χ2n) is 12.6. The monoisotopic (exact) mass is 546 g/mol. The summed E-state index contributed by atoms with van der Waals surface area (Å²) >= 11 is 0. The lowest BCUT2D eigenvalue weighted by Crippen LogP contribution is -2.56. The third-order valence-corrected chi connectivity index (χ3v) is 9.60. The highest BCUT2D eigenvalue weighted by Crippen LogP contribution is 2.43. The molecule has 40 heavy (non-hydrogen) atoms. The summed E-state index contributed by atoms with van der Waals surface area (Å²) in [6, 6.07) is 6.82. The van der Waals surface area contributed by atoms with Crippen molar-refractivity contribution in [3.63, 3.8) is 0 Å². The van der Waals surface area contributed by atoms with Gasteiger partial charge >= 0.3 is 0 Å². The molecule has 2 aliphatic heterocycles. The molecule has 2 unspecified atom stereocenters. The van der Waals surface area contributed by atoms with E-state index < -0.39 is 0 Å². The van der Waals surface area contributed by atoms with Gasteiger partial charge in [0, 0.05) is 69.6 Å². The number of hydrogen-bond acceptors (Lipinski definition) is 5. The topological polar surface area (TPSA) is 50.6 Å². The van der Waals surface area contributed by atoms with E-state index in [1.54, 1.807) is 27.5 Å². The van der Waals surface area contributed by atoms with Crippen molar-refractivity contribution < 1.29 is 4.74 Å². The average molecular weight is 547 g/mol. The Balaban J connectivity index is 0.000000411. The normalized spacial score (nSPS) is 26.7. The zero-order valence-electron chi connectivity index (χ0n) is 25.5. The number of piperazine rings is 1. The van der Waals surface area contributed by atoms with Gasteiger partial charge in [0.2, 0.25) is 0 Å². The lowest BCUT2D eigenvalue weighted by Gasteiger charge is -2.44. The Morgan fingerprint density at radius 2 is 1.77 bits per heavy atom. The third-order valence-electron chi connectivity index (χ3n) is 9.60. The molecule has 2 aromatic rings. The fourth-order valence-corrected chi connectivity index (χ4v) is 7.31.